The summed E-state index contributed by atoms with van der Waals surface area (Å²) in [5.74, 6) is -0.108. The number of hydrogen-bond acceptors (Lipinski definition) is 3. The highest BCUT2D eigenvalue weighted by Crippen LogP contribution is 2.29. The van der Waals surface area contributed by atoms with Crippen LogP contribution in [0.15, 0.2) is 55.0 Å². The zero-order valence-electron chi connectivity index (χ0n) is 12.7. The van der Waals surface area contributed by atoms with Gasteiger partial charge < -0.3 is 5.32 Å². The number of carbonyl (C=O) groups excluding carboxylic acids is 1. The summed E-state index contributed by atoms with van der Waals surface area (Å²) in [7, 11) is 0. The van der Waals surface area contributed by atoms with Crippen LogP contribution in [0, 0.1) is 0 Å². The maximum atomic E-state index is 12.7. The van der Waals surface area contributed by atoms with Gasteiger partial charge in [0.05, 0.1) is 17.1 Å². The van der Waals surface area contributed by atoms with Crippen LogP contribution in [0.4, 0.5) is 0 Å². The van der Waals surface area contributed by atoms with Gasteiger partial charge in [0, 0.05) is 24.0 Å². The Bertz CT molecular complexity index is 870. The van der Waals surface area contributed by atoms with E-state index in [1.54, 1.807) is 18.6 Å². The molecule has 2 heterocycles. The fraction of sp³-hybridized carbons (Fsp3) is 0.211. The van der Waals surface area contributed by atoms with Crippen LogP contribution in [0.3, 0.4) is 0 Å². The monoisotopic (exact) mass is 303 g/mol. The van der Waals surface area contributed by atoms with Crippen molar-refractivity contribution in [3.8, 4) is 0 Å². The molecule has 4 nitrogen and oxygen atoms in total. The molecule has 4 heteroatoms. The normalized spacial score (nSPS) is 16.8. The summed E-state index contributed by atoms with van der Waals surface area (Å²) in [6.45, 7) is 0. The number of amides is 1. The predicted molar refractivity (Wildman–Crippen MR) is 89.1 cm³/mol. The molecule has 114 valence electrons. The molecule has 0 bridgehead atoms. The minimum Gasteiger partial charge on any atom is -0.345 e. The lowest BCUT2D eigenvalue weighted by molar-refractivity contribution is 0.0934. The molecule has 1 aliphatic rings. The van der Waals surface area contributed by atoms with Crippen LogP contribution in [-0.4, -0.2) is 15.9 Å². The van der Waals surface area contributed by atoms with Crippen molar-refractivity contribution >= 4 is 16.8 Å². The first-order valence-corrected chi connectivity index (χ1v) is 7.90. The third-order valence-corrected chi connectivity index (χ3v) is 4.43. The molecule has 1 amide bonds. The van der Waals surface area contributed by atoms with E-state index in [2.05, 4.69) is 33.5 Å². The van der Waals surface area contributed by atoms with Gasteiger partial charge in [0.1, 0.15) is 0 Å². The molecule has 4 rings (SSSR count). The summed E-state index contributed by atoms with van der Waals surface area (Å²) < 4.78 is 0. The average Bonchev–Trinajstić information content (AvgIpc) is 2.61. The molecular weight excluding hydrogens is 286 g/mol. The number of aromatic nitrogens is 2. The average molecular weight is 303 g/mol. The molecule has 0 aliphatic heterocycles. The third kappa shape index (κ3) is 2.57. The molecule has 1 N–H and O–H groups in total. The summed E-state index contributed by atoms with van der Waals surface area (Å²) in [5.41, 5.74) is 3.79. The third-order valence-electron chi connectivity index (χ3n) is 4.43. The van der Waals surface area contributed by atoms with Crippen molar-refractivity contribution in [2.24, 2.45) is 0 Å². The Balaban J connectivity index is 1.66. The van der Waals surface area contributed by atoms with Crippen LogP contribution < -0.4 is 5.32 Å². The van der Waals surface area contributed by atoms with Crippen LogP contribution in [0.1, 0.15) is 40.4 Å². The van der Waals surface area contributed by atoms with E-state index >= 15 is 0 Å². The smallest absolute Gasteiger partial charge is 0.255 e. The van der Waals surface area contributed by atoms with E-state index in [9.17, 15) is 4.79 Å². The van der Waals surface area contributed by atoms with Crippen LogP contribution in [0.5, 0.6) is 0 Å². The number of aryl methyl sites for hydroxylation is 1. The summed E-state index contributed by atoms with van der Waals surface area (Å²) in [4.78, 5) is 21.3. The van der Waals surface area contributed by atoms with E-state index < -0.39 is 0 Å². The highest BCUT2D eigenvalue weighted by Gasteiger charge is 2.22. The highest BCUT2D eigenvalue weighted by atomic mass is 16.1. The number of benzene rings is 1. The van der Waals surface area contributed by atoms with E-state index in [0.717, 1.165) is 24.6 Å². The van der Waals surface area contributed by atoms with E-state index in [0.29, 0.717) is 11.1 Å². The number of nitrogens with zero attached hydrogens (tertiary/aromatic N) is 2. The molecule has 1 unspecified atom stereocenters. The Morgan fingerprint density at radius 2 is 2.04 bits per heavy atom. The second-order valence-corrected chi connectivity index (χ2v) is 5.88. The Hall–Kier alpha value is -2.75. The topological polar surface area (TPSA) is 54.9 Å². The standard InChI is InChI=1S/C19H17N3O/c23-19(16-12-20-11-14-7-4-10-21-18(14)16)22-17-9-3-6-13-5-1-2-8-15(13)17/h1-2,4-5,7-8,10-12,17H,3,6,9H2,(H,22,23). The summed E-state index contributed by atoms with van der Waals surface area (Å²) in [6.07, 6.45) is 8.17. The summed E-state index contributed by atoms with van der Waals surface area (Å²) in [6, 6.07) is 12.2. The molecule has 2 aromatic heterocycles. The van der Waals surface area contributed by atoms with Crippen LogP contribution in [-0.2, 0) is 6.42 Å². The largest absolute Gasteiger partial charge is 0.345 e. The Kier molecular flexibility index (Phi) is 3.50. The number of fused-ring (bicyclic) bond motifs is 2. The van der Waals surface area contributed by atoms with E-state index in [-0.39, 0.29) is 11.9 Å². The number of carbonyl (C=O) groups is 1. The molecule has 0 saturated carbocycles. The Morgan fingerprint density at radius 3 is 3.00 bits per heavy atom. The van der Waals surface area contributed by atoms with Crippen molar-refractivity contribution < 1.29 is 4.79 Å². The van der Waals surface area contributed by atoms with Gasteiger partial charge in [0.15, 0.2) is 0 Å². The van der Waals surface area contributed by atoms with Crippen LogP contribution in [0.2, 0.25) is 0 Å². The van der Waals surface area contributed by atoms with E-state index in [4.69, 9.17) is 0 Å². The lowest BCUT2D eigenvalue weighted by atomic mass is 9.87. The maximum Gasteiger partial charge on any atom is 0.255 e. The zero-order chi connectivity index (χ0) is 15.6. The lowest BCUT2D eigenvalue weighted by Gasteiger charge is -2.26. The minimum atomic E-state index is -0.108. The number of rotatable bonds is 2. The van der Waals surface area contributed by atoms with Gasteiger partial charge in [-0.3, -0.25) is 14.8 Å². The van der Waals surface area contributed by atoms with Gasteiger partial charge in [-0.15, -0.1) is 0 Å². The molecular formula is C19H17N3O. The van der Waals surface area contributed by atoms with Crippen molar-refractivity contribution in [1.82, 2.24) is 15.3 Å². The van der Waals surface area contributed by atoms with Gasteiger partial charge in [-0.1, -0.05) is 24.3 Å². The molecule has 0 radical (unpaired) electrons. The molecule has 0 fully saturated rings. The summed E-state index contributed by atoms with van der Waals surface area (Å²) >= 11 is 0. The van der Waals surface area contributed by atoms with Gasteiger partial charge in [-0.2, -0.15) is 0 Å². The fourth-order valence-electron chi connectivity index (χ4n) is 3.31. The molecule has 1 aliphatic carbocycles. The first-order chi connectivity index (χ1) is 11.3. The van der Waals surface area contributed by atoms with Crippen molar-refractivity contribution in [3.05, 3.63) is 71.7 Å². The fourth-order valence-corrected chi connectivity index (χ4v) is 3.31. The number of pyridine rings is 2. The number of hydrogen-bond donors (Lipinski definition) is 1. The Morgan fingerprint density at radius 1 is 1.13 bits per heavy atom. The van der Waals surface area contributed by atoms with Crippen LogP contribution in [0.25, 0.3) is 10.9 Å². The molecule has 1 aromatic carbocycles. The molecule has 23 heavy (non-hydrogen) atoms. The van der Waals surface area contributed by atoms with Crippen molar-refractivity contribution in [2.45, 2.75) is 25.3 Å². The first-order valence-electron chi connectivity index (χ1n) is 7.90. The van der Waals surface area contributed by atoms with Gasteiger partial charge in [-0.25, -0.2) is 0 Å². The van der Waals surface area contributed by atoms with Gasteiger partial charge in [-0.05, 0) is 42.5 Å². The summed E-state index contributed by atoms with van der Waals surface area (Å²) in [5, 5.41) is 4.04. The van der Waals surface area contributed by atoms with Crippen LogP contribution >= 0.6 is 0 Å². The minimum absolute atomic E-state index is 0.0615. The second-order valence-electron chi connectivity index (χ2n) is 5.88. The predicted octanol–water partition coefficient (Wildman–Crippen LogP) is 3.44. The molecule has 1 atom stereocenters. The van der Waals surface area contributed by atoms with Crippen molar-refractivity contribution in [1.29, 1.82) is 0 Å². The van der Waals surface area contributed by atoms with Gasteiger partial charge >= 0.3 is 0 Å². The van der Waals surface area contributed by atoms with E-state index in [1.165, 1.54) is 11.1 Å². The quantitative estimate of drug-likeness (QED) is 0.789. The van der Waals surface area contributed by atoms with Gasteiger partial charge in [0.25, 0.3) is 5.91 Å². The Labute approximate surface area is 134 Å². The molecule has 0 spiro atoms. The van der Waals surface area contributed by atoms with E-state index in [1.807, 2.05) is 18.2 Å². The first kappa shape index (κ1) is 13.9. The lowest BCUT2D eigenvalue weighted by Crippen LogP contribution is -2.31. The molecule has 0 saturated heterocycles. The zero-order valence-corrected chi connectivity index (χ0v) is 12.7. The molecule has 3 aromatic rings. The second kappa shape index (κ2) is 5.80. The van der Waals surface area contributed by atoms with Crippen molar-refractivity contribution in [2.75, 3.05) is 0 Å². The highest BCUT2D eigenvalue weighted by molar-refractivity contribution is 6.05. The SMILES string of the molecule is O=C(NC1CCCc2ccccc21)c1cncc2cccnc12. The maximum absolute atomic E-state index is 12.7. The van der Waals surface area contributed by atoms with Crippen molar-refractivity contribution in [3.63, 3.8) is 0 Å². The number of nitrogens with one attached hydrogen (secondary N) is 1. The van der Waals surface area contributed by atoms with Gasteiger partial charge in [0.2, 0.25) is 0 Å².